The standard InChI is InChI=1S/C19H26BrNO3/c1-19(2,3)24-15-11-21(12-15)18(22)9-13-5-4-8-23-17-10-14(20)6-7-16(13)17/h6-7,10,13,15H,4-5,8-9,11-12H2,1-3H3. The highest BCUT2D eigenvalue weighted by Crippen LogP contribution is 2.37. The van der Waals surface area contributed by atoms with Crippen molar-refractivity contribution in [3.63, 3.8) is 0 Å². The molecule has 4 nitrogen and oxygen atoms in total. The van der Waals surface area contributed by atoms with Crippen molar-refractivity contribution in [2.24, 2.45) is 0 Å². The van der Waals surface area contributed by atoms with Gasteiger partial charge < -0.3 is 14.4 Å². The van der Waals surface area contributed by atoms with Crippen LogP contribution in [0.1, 0.15) is 51.5 Å². The fourth-order valence-corrected chi connectivity index (χ4v) is 3.75. The van der Waals surface area contributed by atoms with Crippen LogP contribution in [0.5, 0.6) is 5.75 Å². The third kappa shape index (κ3) is 4.31. The molecule has 0 radical (unpaired) electrons. The number of hydrogen-bond acceptors (Lipinski definition) is 3. The van der Waals surface area contributed by atoms with Gasteiger partial charge in [-0.3, -0.25) is 4.79 Å². The number of amides is 1. The number of fused-ring (bicyclic) bond motifs is 1. The van der Waals surface area contributed by atoms with Crippen LogP contribution in [0.3, 0.4) is 0 Å². The Labute approximate surface area is 152 Å². The molecule has 0 N–H and O–H groups in total. The van der Waals surface area contributed by atoms with Gasteiger partial charge >= 0.3 is 0 Å². The smallest absolute Gasteiger partial charge is 0.223 e. The van der Waals surface area contributed by atoms with E-state index in [1.54, 1.807) is 0 Å². The molecule has 0 bridgehead atoms. The van der Waals surface area contributed by atoms with Crippen molar-refractivity contribution in [3.8, 4) is 5.75 Å². The molecule has 1 fully saturated rings. The number of carbonyl (C=O) groups excluding carboxylic acids is 1. The van der Waals surface area contributed by atoms with E-state index >= 15 is 0 Å². The highest BCUT2D eigenvalue weighted by Gasteiger charge is 2.35. The fraction of sp³-hybridized carbons (Fsp3) is 0.632. The summed E-state index contributed by atoms with van der Waals surface area (Å²) in [7, 11) is 0. The predicted molar refractivity (Wildman–Crippen MR) is 97.4 cm³/mol. The Bertz CT molecular complexity index is 605. The SMILES string of the molecule is CC(C)(C)OC1CN(C(=O)CC2CCCOc3cc(Br)ccc32)C1. The molecule has 0 saturated carbocycles. The van der Waals surface area contributed by atoms with E-state index in [0.717, 1.165) is 35.2 Å². The zero-order chi connectivity index (χ0) is 17.3. The van der Waals surface area contributed by atoms with Crippen LogP contribution in [-0.2, 0) is 9.53 Å². The van der Waals surface area contributed by atoms with Gasteiger partial charge in [-0.2, -0.15) is 0 Å². The molecule has 0 aromatic heterocycles. The molecule has 1 atom stereocenters. The van der Waals surface area contributed by atoms with E-state index in [-0.39, 0.29) is 23.5 Å². The minimum absolute atomic E-state index is 0.148. The summed E-state index contributed by atoms with van der Waals surface area (Å²) in [5.74, 6) is 1.38. The van der Waals surface area contributed by atoms with Crippen LogP contribution >= 0.6 is 15.9 Å². The Kier molecular flexibility index (Phi) is 5.21. The highest BCUT2D eigenvalue weighted by molar-refractivity contribution is 9.10. The van der Waals surface area contributed by atoms with E-state index in [1.165, 1.54) is 0 Å². The monoisotopic (exact) mass is 395 g/mol. The Morgan fingerprint density at radius 3 is 2.83 bits per heavy atom. The van der Waals surface area contributed by atoms with Crippen molar-refractivity contribution in [1.82, 2.24) is 4.90 Å². The molecule has 1 aromatic rings. The lowest BCUT2D eigenvalue weighted by Gasteiger charge is -2.42. The maximum atomic E-state index is 12.6. The van der Waals surface area contributed by atoms with Crippen molar-refractivity contribution >= 4 is 21.8 Å². The van der Waals surface area contributed by atoms with Crippen LogP contribution in [0.4, 0.5) is 0 Å². The van der Waals surface area contributed by atoms with Crippen LogP contribution in [0, 0.1) is 0 Å². The zero-order valence-corrected chi connectivity index (χ0v) is 16.3. The molecule has 132 valence electrons. The van der Waals surface area contributed by atoms with Crippen molar-refractivity contribution in [3.05, 3.63) is 28.2 Å². The van der Waals surface area contributed by atoms with Gasteiger partial charge in [-0.1, -0.05) is 22.0 Å². The number of ether oxygens (including phenoxy) is 2. The molecule has 1 saturated heterocycles. The lowest BCUT2D eigenvalue weighted by atomic mass is 9.90. The number of likely N-dealkylation sites (tertiary alicyclic amines) is 1. The number of benzene rings is 1. The van der Waals surface area contributed by atoms with Gasteiger partial charge in [0, 0.05) is 24.0 Å². The summed E-state index contributed by atoms with van der Waals surface area (Å²) in [6, 6.07) is 6.13. The number of rotatable bonds is 3. The van der Waals surface area contributed by atoms with E-state index < -0.39 is 0 Å². The molecule has 24 heavy (non-hydrogen) atoms. The van der Waals surface area contributed by atoms with Gasteiger partial charge in [-0.15, -0.1) is 0 Å². The molecule has 1 unspecified atom stereocenters. The molecule has 3 rings (SSSR count). The molecule has 5 heteroatoms. The molecule has 1 amide bonds. The Morgan fingerprint density at radius 2 is 2.12 bits per heavy atom. The van der Waals surface area contributed by atoms with Gasteiger partial charge in [-0.05, 0) is 57.2 Å². The molecule has 2 aliphatic rings. The number of hydrogen-bond donors (Lipinski definition) is 0. The van der Waals surface area contributed by atoms with Gasteiger partial charge in [0.05, 0.1) is 18.3 Å². The Hall–Kier alpha value is -1.07. The fourth-order valence-electron chi connectivity index (χ4n) is 3.41. The van der Waals surface area contributed by atoms with E-state index in [9.17, 15) is 4.79 Å². The summed E-state index contributed by atoms with van der Waals surface area (Å²) in [5.41, 5.74) is 1.01. The van der Waals surface area contributed by atoms with Gasteiger partial charge in [0.2, 0.25) is 5.91 Å². The first-order valence-corrected chi connectivity index (χ1v) is 9.49. The first-order valence-electron chi connectivity index (χ1n) is 8.70. The van der Waals surface area contributed by atoms with Crippen molar-refractivity contribution in [2.45, 2.75) is 57.7 Å². The van der Waals surface area contributed by atoms with Crippen LogP contribution in [0.2, 0.25) is 0 Å². The predicted octanol–water partition coefficient (Wildman–Crippen LogP) is 4.12. The summed E-state index contributed by atoms with van der Waals surface area (Å²) >= 11 is 3.49. The summed E-state index contributed by atoms with van der Waals surface area (Å²) in [5, 5.41) is 0. The van der Waals surface area contributed by atoms with Gasteiger partial charge in [-0.25, -0.2) is 0 Å². The molecule has 2 heterocycles. The average Bonchev–Trinajstić information content (AvgIpc) is 2.63. The van der Waals surface area contributed by atoms with Crippen LogP contribution in [-0.4, -0.2) is 42.2 Å². The second-order valence-electron chi connectivity index (χ2n) is 7.72. The molecule has 0 aliphatic carbocycles. The molecular weight excluding hydrogens is 370 g/mol. The van der Waals surface area contributed by atoms with E-state index in [0.29, 0.717) is 19.5 Å². The number of carbonyl (C=O) groups is 1. The largest absolute Gasteiger partial charge is 0.493 e. The van der Waals surface area contributed by atoms with E-state index in [4.69, 9.17) is 9.47 Å². The highest BCUT2D eigenvalue weighted by atomic mass is 79.9. The molecule has 1 aromatic carbocycles. The lowest BCUT2D eigenvalue weighted by Crippen LogP contribution is -2.56. The van der Waals surface area contributed by atoms with E-state index in [1.807, 2.05) is 17.0 Å². The number of halogens is 1. The van der Waals surface area contributed by atoms with Crippen LogP contribution in [0.15, 0.2) is 22.7 Å². The Balaban J connectivity index is 1.60. The minimum atomic E-state index is -0.148. The topological polar surface area (TPSA) is 38.8 Å². The second-order valence-corrected chi connectivity index (χ2v) is 8.64. The van der Waals surface area contributed by atoms with Gasteiger partial charge in [0.1, 0.15) is 5.75 Å². The maximum Gasteiger partial charge on any atom is 0.223 e. The minimum Gasteiger partial charge on any atom is -0.493 e. The molecular formula is C19H26BrNO3. The lowest BCUT2D eigenvalue weighted by molar-refractivity contribution is -0.157. The maximum absolute atomic E-state index is 12.6. The second kappa shape index (κ2) is 7.04. The van der Waals surface area contributed by atoms with Crippen molar-refractivity contribution in [1.29, 1.82) is 0 Å². The normalized spacial score (nSPS) is 21.5. The first kappa shape index (κ1) is 17.7. The summed E-state index contributed by atoms with van der Waals surface area (Å²) < 4.78 is 12.8. The van der Waals surface area contributed by atoms with Crippen LogP contribution in [0.25, 0.3) is 0 Å². The van der Waals surface area contributed by atoms with Crippen molar-refractivity contribution in [2.75, 3.05) is 19.7 Å². The quantitative estimate of drug-likeness (QED) is 0.772. The van der Waals surface area contributed by atoms with E-state index in [2.05, 4.69) is 42.8 Å². The van der Waals surface area contributed by atoms with Gasteiger partial charge in [0.15, 0.2) is 0 Å². The Morgan fingerprint density at radius 1 is 1.38 bits per heavy atom. The van der Waals surface area contributed by atoms with Gasteiger partial charge in [0.25, 0.3) is 0 Å². The summed E-state index contributed by atoms with van der Waals surface area (Å²) in [4.78, 5) is 14.5. The third-order valence-corrected chi connectivity index (χ3v) is 5.01. The summed E-state index contributed by atoms with van der Waals surface area (Å²) in [6.07, 6.45) is 2.71. The van der Waals surface area contributed by atoms with Crippen molar-refractivity contribution < 1.29 is 14.3 Å². The first-order chi connectivity index (χ1) is 11.3. The number of nitrogens with zero attached hydrogens (tertiary/aromatic N) is 1. The summed E-state index contributed by atoms with van der Waals surface area (Å²) in [6.45, 7) is 8.31. The molecule has 0 spiro atoms. The van der Waals surface area contributed by atoms with Crippen LogP contribution < -0.4 is 4.74 Å². The molecule has 2 aliphatic heterocycles. The third-order valence-electron chi connectivity index (χ3n) is 4.51. The average molecular weight is 396 g/mol. The zero-order valence-electron chi connectivity index (χ0n) is 14.7.